The third-order valence-electron chi connectivity index (χ3n) is 3.65. The summed E-state index contributed by atoms with van der Waals surface area (Å²) in [6, 6.07) is 5.06. The first-order valence-corrected chi connectivity index (χ1v) is 7.35. The molecule has 5 nitrogen and oxygen atoms in total. The van der Waals surface area contributed by atoms with Gasteiger partial charge in [0.25, 0.3) is 0 Å². The summed E-state index contributed by atoms with van der Waals surface area (Å²) in [6.07, 6.45) is 1.55. The van der Waals surface area contributed by atoms with Crippen molar-refractivity contribution in [3.63, 3.8) is 0 Å². The zero-order valence-electron chi connectivity index (χ0n) is 11.8. The van der Waals surface area contributed by atoms with Crippen LogP contribution < -0.4 is 10.1 Å². The molecule has 1 aromatic carbocycles. The zero-order valence-corrected chi connectivity index (χ0v) is 12.5. The van der Waals surface area contributed by atoms with E-state index < -0.39 is 11.9 Å². The van der Waals surface area contributed by atoms with Gasteiger partial charge in [-0.25, -0.2) is 0 Å². The van der Waals surface area contributed by atoms with Crippen molar-refractivity contribution in [2.45, 2.75) is 26.2 Å². The van der Waals surface area contributed by atoms with Crippen molar-refractivity contribution in [2.24, 2.45) is 11.8 Å². The van der Waals surface area contributed by atoms with Crippen LogP contribution >= 0.6 is 11.6 Å². The van der Waals surface area contributed by atoms with Crippen molar-refractivity contribution in [2.75, 3.05) is 11.9 Å². The number of carboxylic acid groups (broad SMARTS) is 1. The second-order valence-electron chi connectivity index (χ2n) is 5.11. The molecular weight excluding hydrogens is 294 g/mol. The molecule has 0 aromatic heterocycles. The molecule has 2 rings (SSSR count). The van der Waals surface area contributed by atoms with Gasteiger partial charge in [0, 0.05) is 11.6 Å². The lowest BCUT2D eigenvalue weighted by molar-refractivity contribution is -0.141. The molecule has 1 amide bonds. The number of carbonyl (C=O) groups is 2. The molecule has 0 radical (unpaired) electrons. The second kappa shape index (κ2) is 6.80. The first kappa shape index (κ1) is 15.6. The fraction of sp³-hybridized carbons (Fsp3) is 0.467. The summed E-state index contributed by atoms with van der Waals surface area (Å²) < 4.78 is 5.33. The maximum atomic E-state index is 12.1. The molecule has 1 fully saturated rings. The Hall–Kier alpha value is -1.75. The van der Waals surface area contributed by atoms with Crippen molar-refractivity contribution in [1.29, 1.82) is 0 Å². The Morgan fingerprint density at radius 3 is 2.67 bits per heavy atom. The molecule has 6 heteroatoms. The summed E-state index contributed by atoms with van der Waals surface area (Å²) in [5, 5.41) is 12.2. The molecule has 2 unspecified atom stereocenters. The van der Waals surface area contributed by atoms with E-state index in [-0.39, 0.29) is 11.8 Å². The second-order valence-corrected chi connectivity index (χ2v) is 5.52. The number of rotatable bonds is 5. The van der Waals surface area contributed by atoms with E-state index in [4.69, 9.17) is 21.4 Å². The Morgan fingerprint density at radius 1 is 1.38 bits per heavy atom. The fourth-order valence-electron chi connectivity index (χ4n) is 2.54. The molecule has 2 atom stereocenters. The summed E-state index contributed by atoms with van der Waals surface area (Å²) in [6.45, 7) is 2.38. The standard InChI is InChI=1S/C15H18ClNO4/c1-2-21-13-6-5-11(8-12(13)16)17-14(18)9-3-4-10(7-9)15(19)20/h5-6,8-10H,2-4,7H2,1H3,(H,17,18)(H,19,20). The molecule has 0 saturated heterocycles. The molecule has 114 valence electrons. The molecule has 0 bridgehead atoms. The van der Waals surface area contributed by atoms with Crippen LogP contribution in [0.4, 0.5) is 5.69 Å². The van der Waals surface area contributed by atoms with Gasteiger partial charge in [0.05, 0.1) is 17.5 Å². The van der Waals surface area contributed by atoms with Crippen LogP contribution in [0.25, 0.3) is 0 Å². The average Bonchev–Trinajstić information content (AvgIpc) is 2.92. The van der Waals surface area contributed by atoms with Gasteiger partial charge in [-0.3, -0.25) is 9.59 Å². The highest BCUT2D eigenvalue weighted by atomic mass is 35.5. The van der Waals surface area contributed by atoms with Gasteiger partial charge < -0.3 is 15.2 Å². The van der Waals surface area contributed by atoms with Crippen LogP contribution in [0.5, 0.6) is 5.75 Å². The number of halogens is 1. The highest BCUT2D eigenvalue weighted by Crippen LogP contribution is 2.33. The van der Waals surface area contributed by atoms with Gasteiger partial charge in [0.15, 0.2) is 0 Å². The Balaban J connectivity index is 1.97. The average molecular weight is 312 g/mol. The first-order chi connectivity index (χ1) is 10.0. The maximum absolute atomic E-state index is 12.1. The van der Waals surface area contributed by atoms with Gasteiger partial charge >= 0.3 is 5.97 Å². The summed E-state index contributed by atoms with van der Waals surface area (Å²) >= 11 is 6.06. The molecule has 1 saturated carbocycles. The number of hydrogen-bond donors (Lipinski definition) is 2. The lowest BCUT2D eigenvalue weighted by Gasteiger charge is -2.12. The molecule has 21 heavy (non-hydrogen) atoms. The van der Waals surface area contributed by atoms with Crippen molar-refractivity contribution in [3.8, 4) is 5.75 Å². The van der Waals surface area contributed by atoms with Gasteiger partial charge in [-0.1, -0.05) is 11.6 Å². The van der Waals surface area contributed by atoms with Crippen molar-refractivity contribution < 1.29 is 19.4 Å². The molecular formula is C15H18ClNO4. The minimum absolute atomic E-state index is 0.154. The topological polar surface area (TPSA) is 75.6 Å². The highest BCUT2D eigenvalue weighted by molar-refractivity contribution is 6.32. The van der Waals surface area contributed by atoms with Gasteiger partial charge in [-0.15, -0.1) is 0 Å². The zero-order chi connectivity index (χ0) is 15.4. The third kappa shape index (κ3) is 3.88. The summed E-state index contributed by atoms with van der Waals surface area (Å²) in [7, 11) is 0. The van der Waals surface area contributed by atoms with Crippen molar-refractivity contribution in [3.05, 3.63) is 23.2 Å². The number of nitrogens with one attached hydrogen (secondary N) is 1. The van der Waals surface area contributed by atoms with Crippen molar-refractivity contribution >= 4 is 29.2 Å². The third-order valence-corrected chi connectivity index (χ3v) is 3.95. The molecule has 0 aliphatic heterocycles. The molecule has 1 aromatic rings. The van der Waals surface area contributed by atoms with E-state index in [0.29, 0.717) is 42.3 Å². The normalized spacial score (nSPS) is 21.0. The monoisotopic (exact) mass is 311 g/mol. The van der Waals surface area contributed by atoms with Crippen LogP contribution in [0.15, 0.2) is 18.2 Å². The predicted molar refractivity (Wildman–Crippen MR) is 79.7 cm³/mol. The van der Waals surface area contributed by atoms with Crippen LogP contribution in [0.2, 0.25) is 5.02 Å². The number of anilines is 1. The smallest absolute Gasteiger partial charge is 0.306 e. The van der Waals surface area contributed by atoms with Crippen LogP contribution in [0.3, 0.4) is 0 Å². The van der Waals surface area contributed by atoms with E-state index in [9.17, 15) is 9.59 Å². The maximum Gasteiger partial charge on any atom is 0.306 e. The quantitative estimate of drug-likeness (QED) is 0.875. The summed E-state index contributed by atoms with van der Waals surface area (Å²) in [5.74, 6) is -1.07. The number of hydrogen-bond acceptors (Lipinski definition) is 3. The number of aliphatic carboxylic acids is 1. The highest BCUT2D eigenvalue weighted by Gasteiger charge is 2.33. The van der Waals surface area contributed by atoms with E-state index >= 15 is 0 Å². The van der Waals surface area contributed by atoms with Gasteiger partial charge in [-0.05, 0) is 44.4 Å². The van der Waals surface area contributed by atoms with Crippen molar-refractivity contribution in [1.82, 2.24) is 0 Å². The van der Waals surface area contributed by atoms with Gasteiger partial charge in [0.2, 0.25) is 5.91 Å². The number of amides is 1. The van der Waals surface area contributed by atoms with E-state index in [0.717, 1.165) is 0 Å². The number of carboxylic acids is 1. The van der Waals surface area contributed by atoms with Crippen LogP contribution in [0.1, 0.15) is 26.2 Å². The van der Waals surface area contributed by atoms with Gasteiger partial charge in [-0.2, -0.15) is 0 Å². The van der Waals surface area contributed by atoms with E-state index in [1.165, 1.54) is 0 Å². The Morgan fingerprint density at radius 2 is 2.10 bits per heavy atom. The van der Waals surface area contributed by atoms with Crippen LogP contribution in [-0.2, 0) is 9.59 Å². The molecule has 2 N–H and O–H groups in total. The van der Waals surface area contributed by atoms with E-state index in [2.05, 4.69) is 5.32 Å². The molecule has 0 spiro atoms. The van der Waals surface area contributed by atoms with Crippen LogP contribution in [0, 0.1) is 11.8 Å². The number of carbonyl (C=O) groups excluding carboxylic acids is 1. The lowest BCUT2D eigenvalue weighted by Crippen LogP contribution is -2.21. The Labute approximate surface area is 128 Å². The summed E-state index contributed by atoms with van der Waals surface area (Å²) in [4.78, 5) is 23.0. The number of benzene rings is 1. The minimum Gasteiger partial charge on any atom is -0.492 e. The van der Waals surface area contributed by atoms with E-state index in [1.54, 1.807) is 18.2 Å². The minimum atomic E-state index is -0.825. The van der Waals surface area contributed by atoms with E-state index in [1.807, 2.05) is 6.92 Å². The molecule has 0 heterocycles. The Kier molecular flexibility index (Phi) is 5.07. The molecule has 1 aliphatic carbocycles. The fourth-order valence-corrected chi connectivity index (χ4v) is 2.77. The van der Waals surface area contributed by atoms with Gasteiger partial charge in [0.1, 0.15) is 5.75 Å². The Bertz CT molecular complexity index is 546. The lowest BCUT2D eigenvalue weighted by atomic mass is 10.0. The SMILES string of the molecule is CCOc1ccc(NC(=O)C2CCC(C(=O)O)C2)cc1Cl. The predicted octanol–water partition coefficient (Wildman–Crippen LogP) is 3.18. The van der Waals surface area contributed by atoms with Crippen LogP contribution in [-0.4, -0.2) is 23.6 Å². The largest absolute Gasteiger partial charge is 0.492 e. The molecule has 1 aliphatic rings. The number of ether oxygens (including phenoxy) is 1. The summed E-state index contributed by atoms with van der Waals surface area (Å²) in [5.41, 5.74) is 0.590. The first-order valence-electron chi connectivity index (χ1n) is 6.97.